The molecule has 0 spiro atoms. The van der Waals surface area contributed by atoms with Crippen LogP contribution in [0.3, 0.4) is 0 Å². The summed E-state index contributed by atoms with van der Waals surface area (Å²) in [7, 11) is -2.99. The lowest BCUT2D eigenvalue weighted by Crippen LogP contribution is -2.68. The van der Waals surface area contributed by atoms with Crippen LogP contribution in [0.5, 0.6) is 0 Å². The molecule has 3 rings (SSSR count). The van der Waals surface area contributed by atoms with Crippen molar-refractivity contribution < 1.29 is 43.1 Å². The van der Waals surface area contributed by atoms with Gasteiger partial charge in [0.15, 0.2) is 12.4 Å². The Balaban J connectivity index is 1.81. The number of rotatable bonds is 15. The lowest BCUT2D eigenvalue weighted by atomic mass is 9.99. The third kappa shape index (κ3) is 8.72. The Morgan fingerprint density at radius 2 is 1.44 bits per heavy atom. The number of nitrogens with two attached hydrogens (primary N) is 1. The van der Waals surface area contributed by atoms with E-state index in [1.807, 2.05) is 36.4 Å². The molecule has 0 unspecified atom stereocenters. The standard InChI is InChI=1S/C29H42ClNO9Si/c1-29(2,3)41(21-10-6-4-7-11-21,22-12-8-5-9-13-22)38-20-23-26(40-28(31)34)24(32)25(33)27(39-23)37-19-18-36-17-16-35-15-14-30/h4-13,23-27,32-33H,14-20H2,1-3H3,(H2,31,34)/t23-,24-,25+,26-,27+/m1/s1. The maximum Gasteiger partial charge on any atom is 0.404 e. The number of amides is 1. The molecule has 1 saturated heterocycles. The maximum atomic E-state index is 11.7. The Kier molecular flexibility index (Phi) is 13.0. The zero-order chi connectivity index (χ0) is 29.9. The van der Waals surface area contributed by atoms with Crippen LogP contribution >= 0.6 is 11.6 Å². The van der Waals surface area contributed by atoms with E-state index in [0.717, 1.165) is 10.4 Å². The largest absolute Gasteiger partial charge is 0.441 e. The highest BCUT2D eigenvalue weighted by Gasteiger charge is 2.53. The van der Waals surface area contributed by atoms with Gasteiger partial charge >= 0.3 is 6.09 Å². The second-order valence-corrected chi connectivity index (χ2v) is 15.4. The Morgan fingerprint density at radius 3 is 1.95 bits per heavy atom. The van der Waals surface area contributed by atoms with Gasteiger partial charge in [0, 0.05) is 5.88 Å². The molecule has 5 atom stereocenters. The number of primary amides is 1. The Labute approximate surface area is 247 Å². The number of aliphatic hydroxyl groups excluding tert-OH is 2. The van der Waals surface area contributed by atoms with Gasteiger partial charge in [-0.2, -0.15) is 0 Å². The van der Waals surface area contributed by atoms with E-state index < -0.39 is 45.1 Å². The van der Waals surface area contributed by atoms with Crippen LogP contribution in [-0.4, -0.2) is 101 Å². The van der Waals surface area contributed by atoms with Gasteiger partial charge in [-0.3, -0.25) is 0 Å². The molecule has 1 amide bonds. The van der Waals surface area contributed by atoms with Gasteiger partial charge in [0.2, 0.25) is 0 Å². The lowest BCUT2D eigenvalue weighted by molar-refractivity contribution is -0.300. The van der Waals surface area contributed by atoms with Crippen LogP contribution in [0.1, 0.15) is 20.8 Å². The molecule has 0 aromatic heterocycles. The van der Waals surface area contributed by atoms with Gasteiger partial charge < -0.3 is 44.1 Å². The molecule has 0 bridgehead atoms. The highest BCUT2D eigenvalue weighted by Crippen LogP contribution is 2.37. The number of alkyl halides is 1. The first kappa shape index (κ1) is 33.4. The highest BCUT2D eigenvalue weighted by atomic mass is 35.5. The van der Waals surface area contributed by atoms with E-state index in [-0.39, 0.29) is 24.9 Å². The van der Waals surface area contributed by atoms with Crippen LogP contribution < -0.4 is 16.1 Å². The van der Waals surface area contributed by atoms with Gasteiger partial charge in [-0.25, -0.2) is 4.79 Å². The first-order valence-electron chi connectivity index (χ1n) is 13.7. The molecule has 41 heavy (non-hydrogen) atoms. The highest BCUT2D eigenvalue weighted by molar-refractivity contribution is 6.99. The quantitative estimate of drug-likeness (QED) is 0.156. The fourth-order valence-corrected chi connectivity index (χ4v) is 9.70. The van der Waals surface area contributed by atoms with Gasteiger partial charge in [-0.05, 0) is 15.4 Å². The van der Waals surface area contributed by atoms with E-state index in [1.54, 1.807) is 0 Å². The number of hydrogen-bond acceptors (Lipinski definition) is 9. The molecule has 10 nitrogen and oxygen atoms in total. The van der Waals surface area contributed by atoms with Crippen LogP contribution in [-0.2, 0) is 28.1 Å². The topological polar surface area (TPSA) is 139 Å². The minimum atomic E-state index is -2.99. The predicted molar refractivity (Wildman–Crippen MR) is 157 cm³/mol. The number of carbonyl (C=O) groups excluding carboxylic acids is 1. The molecule has 1 aliphatic heterocycles. The zero-order valence-corrected chi connectivity index (χ0v) is 25.6. The number of carbonyl (C=O) groups is 1. The molecule has 1 fully saturated rings. The van der Waals surface area contributed by atoms with Crippen molar-refractivity contribution >= 4 is 36.4 Å². The van der Waals surface area contributed by atoms with Crippen LogP contribution in [0.15, 0.2) is 60.7 Å². The third-order valence-corrected chi connectivity index (χ3v) is 12.0. The van der Waals surface area contributed by atoms with E-state index in [9.17, 15) is 15.0 Å². The molecule has 0 saturated carbocycles. The molecule has 1 heterocycles. The van der Waals surface area contributed by atoms with Crippen molar-refractivity contribution in [2.75, 3.05) is 45.5 Å². The smallest absolute Gasteiger partial charge is 0.404 e. The summed E-state index contributed by atoms with van der Waals surface area (Å²) in [5, 5.41) is 23.4. The van der Waals surface area contributed by atoms with Gasteiger partial charge in [0.05, 0.1) is 39.6 Å². The molecule has 2 aromatic carbocycles. The molecule has 4 N–H and O–H groups in total. The first-order valence-corrected chi connectivity index (χ1v) is 16.1. The van der Waals surface area contributed by atoms with Crippen LogP contribution in [0, 0.1) is 0 Å². The summed E-state index contributed by atoms with van der Waals surface area (Å²) in [6.07, 6.45) is -7.63. The average Bonchev–Trinajstić information content (AvgIpc) is 2.95. The number of benzene rings is 2. The molecule has 1 aliphatic rings. The minimum Gasteiger partial charge on any atom is -0.441 e. The summed E-state index contributed by atoms with van der Waals surface area (Å²) < 4.78 is 34.6. The molecule has 228 valence electrons. The first-order chi connectivity index (χ1) is 19.6. The number of ether oxygens (including phenoxy) is 5. The van der Waals surface area contributed by atoms with E-state index >= 15 is 0 Å². The summed E-state index contributed by atoms with van der Waals surface area (Å²) in [6, 6.07) is 20.0. The van der Waals surface area contributed by atoms with Crippen molar-refractivity contribution in [1.29, 1.82) is 0 Å². The molecular weight excluding hydrogens is 570 g/mol. The number of halogens is 1. The normalized spacial score (nSPS) is 23.3. The molecule has 0 radical (unpaired) electrons. The van der Waals surface area contributed by atoms with Crippen molar-refractivity contribution in [1.82, 2.24) is 0 Å². The molecule has 0 aliphatic carbocycles. The third-order valence-electron chi connectivity index (χ3n) is 6.88. The van der Waals surface area contributed by atoms with Crippen molar-refractivity contribution in [2.45, 2.75) is 56.5 Å². The summed E-state index contributed by atoms with van der Waals surface area (Å²) in [5.41, 5.74) is 5.31. The monoisotopic (exact) mass is 611 g/mol. The zero-order valence-electron chi connectivity index (χ0n) is 23.8. The summed E-state index contributed by atoms with van der Waals surface area (Å²) >= 11 is 5.57. The van der Waals surface area contributed by atoms with Crippen molar-refractivity contribution in [3.05, 3.63) is 60.7 Å². The number of aliphatic hydroxyl groups is 2. The Hall–Kier alpha value is -2.06. The summed E-state index contributed by atoms with van der Waals surface area (Å²) in [5.74, 6) is 0.406. The van der Waals surface area contributed by atoms with E-state index in [0.29, 0.717) is 25.7 Å². The summed E-state index contributed by atoms with van der Waals surface area (Å²) in [6.45, 7) is 7.78. The molecule has 2 aromatic rings. The molecular formula is C29H42ClNO9Si. The van der Waals surface area contributed by atoms with Crippen molar-refractivity contribution in [2.24, 2.45) is 5.73 Å². The van der Waals surface area contributed by atoms with Gasteiger partial charge in [-0.15, -0.1) is 11.6 Å². The summed E-state index contributed by atoms with van der Waals surface area (Å²) in [4.78, 5) is 11.7. The Morgan fingerprint density at radius 1 is 0.902 bits per heavy atom. The predicted octanol–water partition coefficient (Wildman–Crippen LogP) is 1.76. The molecule has 12 heteroatoms. The van der Waals surface area contributed by atoms with Crippen molar-refractivity contribution in [3.63, 3.8) is 0 Å². The van der Waals surface area contributed by atoms with Gasteiger partial charge in [0.25, 0.3) is 8.32 Å². The fraction of sp³-hybridized carbons (Fsp3) is 0.552. The minimum absolute atomic E-state index is 0.0662. The van der Waals surface area contributed by atoms with Crippen molar-refractivity contribution in [3.8, 4) is 0 Å². The van der Waals surface area contributed by atoms with Gasteiger partial charge in [0.1, 0.15) is 18.3 Å². The number of hydrogen-bond donors (Lipinski definition) is 3. The van der Waals surface area contributed by atoms with Crippen LogP contribution in [0.4, 0.5) is 4.79 Å². The van der Waals surface area contributed by atoms with E-state index in [1.165, 1.54) is 0 Å². The maximum absolute atomic E-state index is 11.7. The van der Waals surface area contributed by atoms with Gasteiger partial charge in [-0.1, -0.05) is 81.4 Å². The van der Waals surface area contributed by atoms with E-state index in [2.05, 4.69) is 45.0 Å². The SMILES string of the molecule is CC(C)(C)[Si](OC[C@H]1O[C@H](OCCOCCOCCCl)[C@@H](O)[C@@H](O)[C@@H]1OC(N)=O)(c1ccccc1)c1ccccc1. The average molecular weight is 612 g/mol. The van der Waals surface area contributed by atoms with Crippen LogP contribution in [0.2, 0.25) is 5.04 Å². The second-order valence-electron chi connectivity index (χ2n) is 10.7. The lowest BCUT2D eigenvalue weighted by Gasteiger charge is -2.46. The Bertz CT molecular complexity index is 1000. The van der Waals surface area contributed by atoms with E-state index in [4.69, 9.17) is 45.4 Å². The fourth-order valence-electron chi connectivity index (χ4n) is 5.03. The second kappa shape index (κ2) is 16.0. The van der Waals surface area contributed by atoms with Crippen LogP contribution in [0.25, 0.3) is 0 Å².